The molecular weight excluding hydrogens is 507 g/mol. The van der Waals surface area contributed by atoms with E-state index in [1.54, 1.807) is 6.07 Å². The first kappa shape index (κ1) is 24.1. The van der Waals surface area contributed by atoms with Crippen molar-refractivity contribution in [2.45, 2.75) is 57.1 Å². The van der Waals surface area contributed by atoms with Gasteiger partial charge in [0.1, 0.15) is 11.5 Å². The van der Waals surface area contributed by atoms with Crippen molar-refractivity contribution in [1.82, 2.24) is 24.4 Å². The third-order valence-corrected chi connectivity index (χ3v) is 7.35. The minimum atomic E-state index is -2.96. The van der Waals surface area contributed by atoms with Crippen molar-refractivity contribution in [1.29, 1.82) is 0 Å². The van der Waals surface area contributed by atoms with Gasteiger partial charge in [0.15, 0.2) is 5.65 Å². The summed E-state index contributed by atoms with van der Waals surface area (Å²) in [6.45, 7) is 1.76. The van der Waals surface area contributed by atoms with Crippen LogP contribution < -0.4 is 5.56 Å². The summed E-state index contributed by atoms with van der Waals surface area (Å²) in [6.07, 6.45) is 4.10. The second kappa shape index (κ2) is 9.25. The Bertz CT molecular complexity index is 1570. The van der Waals surface area contributed by atoms with Crippen molar-refractivity contribution in [3.8, 4) is 11.1 Å². The molecule has 1 saturated carbocycles. The zero-order valence-electron chi connectivity index (χ0n) is 19.9. The number of ether oxygens (including phenoxy) is 1. The van der Waals surface area contributed by atoms with E-state index in [2.05, 4.69) is 15.2 Å². The van der Waals surface area contributed by atoms with Gasteiger partial charge in [0.05, 0.1) is 24.0 Å². The van der Waals surface area contributed by atoms with E-state index in [-0.39, 0.29) is 39.4 Å². The lowest BCUT2D eigenvalue weighted by atomic mass is 9.89. The van der Waals surface area contributed by atoms with E-state index in [9.17, 15) is 13.6 Å². The second-order valence-corrected chi connectivity index (χ2v) is 10.1. The summed E-state index contributed by atoms with van der Waals surface area (Å²) in [5, 5.41) is 9.18. The molecular formula is C26H23ClF3N5O2. The summed E-state index contributed by atoms with van der Waals surface area (Å²) < 4.78 is 51.4. The van der Waals surface area contributed by atoms with Crippen molar-refractivity contribution in [2.75, 3.05) is 6.61 Å². The SMILES string of the molecule is Cc1c(C(F)F)nc2c(-c3ccc(Cl)cc3F)cc([C@H]3CCO[C@@H](c4cnn(C5CC5)c4)C3)nn2c1=O. The van der Waals surface area contributed by atoms with Crippen LogP contribution in [0.5, 0.6) is 0 Å². The van der Waals surface area contributed by atoms with E-state index in [1.807, 2.05) is 17.1 Å². The van der Waals surface area contributed by atoms with Gasteiger partial charge in [0, 0.05) is 46.0 Å². The molecule has 1 saturated heterocycles. The van der Waals surface area contributed by atoms with Gasteiger partial charge in [-0.2, -0.15) is 14.7 Å². The molecule has 2 atom stereocenters. The van der Waals surface area contributed by atoms with Crippen LogP contribution in [0.3, 0.4) is 0 Å². The smallest absolute Gasteiger partial charge is 0.280 e. The number of aromatic nitrogens is 5. The van der Waals surface area contributed by atoms with Gasteiger partial charge >= 0.3 is 0 Å². The molecule has 0 bridgehead atoms. The number of alkyl halides is 2. The molecule has 0 amide bonds. The first-order chi connectivity index (χ1) is 17.8. The highest BCUT2D eigenvalue weighted by Crippen LogP contribution is 2.40. The number of benzene rings is 1. The monoisotopic (exact) mass is 529 g/mol. The van der Waals surface area contributed by atoms with Crippen LogP contribution in [0.15, 0.2) is 41.5 Å². The number of fused-ring (bicyclic) bond motifs is 1. The molecule has 11 heteroatoms. The third-order valence-electron chi connectivity index (χ3n) is 7.12. The molecule has 0 unspecified atom stereocenters. The van der Waals surface area contributed by atoms with Crippen molar-refractivity contribution in [3.63, 3.8) is 0 Å². The molecule has 3 aromatic heterocycles. The fourth-order valence-electron chi connectivity index (χ4n) is 4.91. The zero-order chi connectivity index (χ0) is 25.8. The summed E-state index contributed by atoms with van der Waals surface area (Å²) >= 11 is 5.94. The Labute approximate surface area is 214 Å². The topological polar surface area (TPSA) is 74.3 Å². The molecule has 2 fully saturated rings. The largest absolute Gasteiger partial charge is 0.373 e. The quantitative estimate of drug-likeness (QED) is 0.319. The lowest BCUT2D eigenvalue weighted by Crippen LogP contribution is -2.26. The van der Waals surface area contributed by atoms with Crippen LogP contribution in [0.4, 0.5) is 13.2 Å². The Morgan fingerprint density at radius 1 is 1.16 bits per heavy atom. The van der Waals surface area contributed by atoms with Gasteiger partial charge in [-0.25, -0.2) is 18.2 Å². The van der Waals surface area contributed by atoms with Gasteiger partial charge in [0.2, 0.25) is 0 Å². The Hall–Kier alpha value is -3.24. The standard InChI is InChI=1S/C26H23ClF3N5O2/c1-13-23(24(29)30)32-25-19(18-5-2-16(27)9-20(18)28)10-21(33-35(25)26(13)36)14-6-7-37-22(8-14)15-11-31-34(12-15)17-3-4-17/h2,5,9-12,14,17,22,24H,3-4,6-8H2,1H3/t14-,22+/m0/s1. The minimum absolute atomic E-state index is 0.0934. The number of hydrogen-bond donors (Lipinski definition) is 0. The number of nitrogens with zero attached hydrogens (tertiary/aromatic N) is 5. The van der Waals surface area contributed by atoms with E-state index in [1.165, 1.54) is 19.1 Å². The maximum absolute atomic E-state index is 15.0. The van der Waals surface area contributed by atoms with Crippen molar-refractivity contribution >= 4 is 17.2 Å². The van der Waals surface area contributed by atoms with E-state index in [0.717, 1.165) is 29.0 Å². The molecule has 0 spiro atoms. The van der Waals surface area contributed by atoms with Gasteiger partial charge in [-0.1, -0.05) is 11.6 Å². The van der Waals surface area contributed by atoms with Gasteiger partial charge < -0.3 is 4.74 Å². The number of rotatable bonds is 5. The first-order valence-electron chi connectivity index (χ1n) is 12.1. The molecule has 7 nitrogen and oxygen atoms in total. The fraction of sp³-hybridized carbons (Fsp3) is 0.385. The predicted molar refractivity (Wildman–Crippen MR) is 131 cm³/mol. The van der Waals surface area contributed by atoms with E-state index in [4.69, 9.17) is 16.3 Å². The highest BCUT2D eigenvalue weighted by molar-refractivity contribution is 6.30. The number of hydrogen-bond acceptors (Lipinski definition) is 5. The highest BCUT2D eigenvalue weighted by atomic mass is 35.5. The van der Waals surface area contributed by atoms with Crippen LogP contribution in [0.2, 0.25) is 5.02 Å². The van der Waals surface area contributed by atoms with E-state index >= 15 is 4.39 Å². The van der Waals surface area contributed by atoms with Gasteiger partial charge in [-0.05, 0) is 56.9 Å². The van der Waals surface area contributed by atoms with E-state index in [0.29, 0.717) is 31.2 Å². The molecule has 0 radical (unpaired) electrons. The molecule has 192 valence electrons. The normalized spacial score (nSPS) is 20.2. The molecule has 1 aromatic carbocycles. The third kappa shape index (κ3) is 4.42. The molecule has 2 aliphatic rings. The average molecular weight is 530 g/mol. The van der Waals surface area contributed by atoms with Crippen LogP contribution in [0.25, 0.3) is 16.8 Å². The van der Waals surface area contributed by atoms with Gasteiger partial charge in [-0.3, -0.25) is 9.48 Å². The molecule has 4 aromatic rings. The first-order valence-corrected chi connectivity index (χ1v) is 12.5. The van der Waals surface area contributed by atoms with Crippen molar-refractivity contribution < 1.29 is 17.9 Å². The Kier molecular flexibility index (Phi) is 6.03. The van der Waals surface area contributed by atoms with Gasteiger partial charge in [0.25, 0.3) is 12.0 Å². The molecule has 6 rings (SSSR count). The Morgan fingerprint density at radius 3 is 2.70 bits per heavy atom. The Balaban J connectivity index is 1.47. The minimum Gasteiger partial charge on any atom is -0.373 e. The molecule has 4 heterocycles. The van der Waals surface area contributed by atoms with Crippen LogP contribution in [0.1, 0.15) is 72.7 Å². The summed E-state index contributed by atoms with van der Waals surface area (Å²) in [6, 6.07) is 6.17. The zero-order valence-corrected chi connectivity index (χ0v) is 20.6. The summed E-state index contributed by atoms with van der Waals surface area (Å²) in [5.41, 5.74) is 0.104. The number of halogens is 4. The fourth-order valence-corrected chi connectivity index (χ4v) is 5.07. The van der Waals surface area contributed by atoms with Gasteiger partial charge in [-0.15, -0.1) is 0 Å². The second-order valence-electron chi connectivity index (χ2n) is 9.64. The summed E-state index contributed by atoms with van der Waals surface area (Å²) in [4.78, 5) is 17.2. The lowest BCUT2D eigenvalue weighted by molar-refractivity contribution is 0.00443. The molecule has 1 aliphatic heterocycles. The van der Waals surface area contributed by atoms with Crippen LogP contribution in [-0.4, -0.2) is 31.0 Å². The molecule has 0 N–H and O–H groups in total. The summed E-state index contributed by atoms with van der Waals surface area (Å²) in [5.74, 6) is -0.777. The maximum atomic E-state index is 15.0. The molecule has 37 heavy (non-hydrogen) atoms. The van der Waals surface area contributed by atoms with Crippen LogP contribution in [0, 0.1) is 12.7 Å². The molecule has 1 aliphatic carbocycles. The van der Waals surface area contributed by atoms with Crippen LogP contribution in [-0.2, 0) is 4.74 Å². The maximum Gasteiger partial charge on any atom is 0.280 e. The van der Waals surface area contributed by atoms with E-state index < -0.39 is 23.5 Å². The lowest BCUT2D eigenvalue weighted by Gasteiger charge is -2.29. The van der Waals surface area contributed by atoms with Crippen molar-refractivity contribution in [2.24, 2.45) is 0 Å². The summed E-state index contributed by atoms with van der Waals surface area (Å²) in [7, 11) is 0. The Morgan fingerprint density at radius 2 is 1.97 bits per heavy atom. The predicted octanol–water partition coefficient (Wildman–Crippen LogP) is 5.96. The highest BCUT2D eigenvalue weighted by Gasteiger charge is 2.31. The van der Waals surface area contributed by atoms with Crippen LogP contribution >= 0.6 is 11.6 Å². The average Bonchev–Trinajstić information content (AvgIpc) is 3.62. The van der Waals surface area contributed by atoms with Crippen molar-refractivity contribution in [3.05, 3.63) is 80.4 Å².